The zero-order valence-electron chi connectivity index (χ0n) is 6.76. The highest BCUT2D eigenvalue weighted by Crippen LogP contribution is 2.27. The Bertz CT molecular complexity index is 214. The molecule has 0 spiro atoms. The molecule has 1 atom stereocenters. The minimum atomic E-state index is -0.753. The molecule has 0 aromatic heterocycles. The number of rotatable bonds is 1. The van der Waals surface area contributed by atoms with Crippen LogP contribution in [0, 0.1) is 0 Å². The fourth-order valence-corrected chi connectivity index (χ4v) is 1.25. The molecule has 1 aliphatic rings. The van der Waals surface area contributed by atoms with E-state index in [0.29, 0.717) is 12.8 Å². The molecule has 4 nitrogen and oxygen atoms in total. The molecule has 0 radical (unpaired) electrons. The van der Waals surface area contributed by atoms with Crippen molar-refractivity contribution in [3.8, 4) is 0 Å². The Balaban J connectivity index is 2.89. The first kappa shape index (κ1) is 8.04. The fraction of sp³-hybridized carbons (Fsp3) is 0.714. The minimum Gasteiger partial charge on any atom is -0.368 e. The van der Waals surface area contributed by atoms with Crippen molar-refractivity contribution in [1.82, 2.24) is 4.90 Å². The van der Waals surface area contributed by atoms with Gasteiger partial charge in [0.25, 0.3) is 0 Å². The average Bonchev–Trinajstić information content (AvgIpc) is 2.18. The Morgan fingerprint density at radius 1 is 1.73 bits per heavy atom. The molecule has 1 saturated heterocycles. The van der Waals surface area contributed by atoms with Crippen molar-refractivity contribution in [2.24, 2.45) is 5.73 Å². The third-order valence-corrected chi connectivity index (χ3v) is 2.47. The molecule has 0 aromatic carbocycles. The van der Waals surface area contributed by atoms with Crippen LogP contribution in [0.3, 0.4) is 0 Å². The van der Waals surface area contributed by atoms with Gasteiger partial charge in [-0.25, -0.2) is 0 Å². The molecular weight excluding hydrogens is 144 g/mol. The molecule has 11 heavy (non-hydrogen) atoms. The standard InChI is InChI=1S/C7H12N2O2/c1-7(6(8)11)4-3-5(10)9(7)2/h3-4H2,1-2H3,(H2,8,11)/t7-/m0/s1. The van der Waals surface area contributed by atoms with Crippen LogP contribution < -0.4 is 5.73 Å². The van der Waals surface area contributed by atoms with Crippen molar-refractivity contribution in [3.05, 3.63) is 0 Å². The fourth-order valence-electron chi connectivity index (χ4n) is 1.25. The summed E-state index contributed by atoms with van der Waals surface area (Å²) >= 11 is 0. The quantitative estimate of drug-likeness (QED) is 0.555. The number of nitrogens with two attached hydrogens (primary N) is 1. The molecule has 2 N–H and O–H groups in total. The van der Waals surface area contributed by atoms with Gasteiger partial charge >= 0.3 is 0 Å². The number of hydrogen-bond acceptors (Lipinski definition) is 2. The number of primary amides is 1. The lowest BCUT2D eigenvalue weighted by molar-refractivity contribution is -0.137. The third kappa shape index (κ3) is 0.982. The van der Waals surface area contributed by atoms with Crippen LogP contribution in [-0.4, -0.2) is 29.3 Å². The molecule has 1 fully saturated rings. The molecule has 4 heteroatoms. The lowest BCUT2D eigenvalue weighted by atomic mass is 9.99. The van der Waals surface area contributed by atoms with Crippen molar-refractivity contribution in [2.45, 2.75) is 25.3 Å². The van der Waals surface area contributed by atoms with Gasteiger partial charge in [-0.05, 0) is 13.3 Å². The first-order valence-electron chi connectivity index (χ1n) is 3.55. The Morgan fingerprint density at radius 2 is 2.27 bits per heavy atom. The zero-order chi connectivity index (χ0) is 8.65. The minimum absolute atomic E-state index is 0.00806. The van der Waals surface area contributed by atoms with Crippen molar-refractivity contribution < 1.29 is 9.59 Å². The summed E-state index contributed by atoms with van der Waals surface area (Å²) in [4.78, 5) is 23.3. The van der Waals surface area contributed by atoms with Gasteiger partial charge in [-0.2, -0.15) is 0 Å². The second-order valence-electron chi connectivity index (χ2n) is 3.09. The van der Waals surface area contributed by atoms with E-state index in [9.17, 15) is 9.59 Å². The van der Waals surface area contributed by atoms with E-state index in [0.717, 1.165) is 0 Å². The third-order valence-electron chi connectivity index (χ3n) is 2.47. The molecule has 0 aromatic rings. The van der Waals surface area contributed by atoms with Crippen LogP contribution in [0.1, 0.15) is 19.8 Å². The number of likely N-dealkylation sites (tertiary alicyclic amines) is 1. The number of likely N-dealkylation sites (N-methyl/N-ethyl adjacent to an activating group) is 1. The molecule has 2 amide bonds. The van der Waals surface area contributed by atoms with Crippen LogP contribution in [0.15, 0.2) is 0 Å². The zero-order valence-corrected chi connectivity index (χ0v) is 6.76. The second kappa shape index (κ2) is 2.22. The van der Waals surface area contributed by atoms with Crippen LogP contribution in [0.4, 0.5) is 0 Å². The van der Waals surface area contributed by atoms with Gasteiger partial charge in [-0.1, -0.05) is 0 Å². The Kier molecular flexibility index (Phi) is 1.62. The maximum absolute atomic E-state index is 11.0. The van der Waals surface area contributed by atoms with E-state index in [4.69, 9.17) is 5.73 Å². The summed E-state index contributed by atoms with van der Waals surface area (Å²) in [7, 11) is 1.61. The second-order valence-corrected chi connectivity index (χ2v) is 3.09. The Morgan fingerprint density at radius 3 is 2.45 bits per heavy atom. The Labute approximate surface area is 65.3 Å². The van der Waals surface area contributed by atoms with E-state index < -0.39 is 11.4 Å². The maximum Gasteiger partial charge on any atom is 0.243 e. The first-order valence-corrected chi connectivity index (χ1v) is 3.55. The van der Waals surface area contributed by atoms with Crippen molar-refractivity contribution in [2.75, 3.05) is 7.05 Å². The Hall–Kier alpha value is -1.06. The van der Waals surface area contributed by atoms with Gasteiger partial charge in [0.2, 0.25) is 11.8 Å². The molecule has 0 aliphatic carbocycles. The lowest BCUT2D eigenvalue weighted by Crippen LogP contribution is -2.50. The molecular formula is C7H12N2O2. The number of amides is 2. The van der Waals surface area contributed by atoms with Gasteiger partial charge in [-0.15, -0.1) is 0 Å². The van der Waals surface area contributed by atoms with Crippen molar-refractivity contribution in [1.29, 1.82) is 0 Å². The SMILES string of the molecule is CN1C(=O)CC[C@@]1(C)C(N)=O. The predicted octanol–water partition coefficient (Wildman–Crippen LogP) is -0.517. The molecule has 0 unspecified atom stereocenters. The summed E-state index contributed by atoms with van der Waals surface area (Å²) < 4.78 is 0. The molecule has 1 rings (SSSR count). The van der Waals surface area contributed by atoms with Gasteiger partial charge in [0, 0.05) is 13.5 Å². The summed E-state index contributed by atoms with van der Waals surface area (Å²) in [5.74, 6) is -0.433. The van der Waals surface area contributed by atoms with E-state index in [2.05, 4.69) is 0 Å². The van der Waals surface area contributed by atoms with Gasteiger partial charge in [-0.3, -0.25) is 9.59 Å². The normalized spacial score (nSPS) is 31.1. The van der Waals surface area contributed by atoms with Crippen molar-refractivity contribution in [3.63, 3.8) is 0 Å². The molecule has 1 heterocycles. The van der Waals surface area contributed by atoms with E-state index in [1.165, 1.54) is 4.90 Å². The smallest absolute Gasteiger partial charge is 0.243 e. The summed E-state index contributed by atoms with van der Waals surface area (Å²) in [6, 6.07) is 0. The summed E-state index contributed by atoms with van der Waals surface area (Å²) in [5, 5.41) is 0. The monoisotopic (exact) mass is 156 g/mol. The lowest BCUT2D eigenvalue weighted by Gasteiger charge is -2.28. The van der Waals surface area contributed by atoms with E-state index in [-0.39, 0.29) is 5.91 Å². The summed E-state index contributed by atoms with van der Waals surface area (Å²) in [6.45, 7) is 1.69. The average molecular weight is 156 g/mol. The highest BCUT2D eigenvalue weighted by atomic mass is 16.2. The van der Waals surface area contributed by atoms with Crippen LogP contribution >= 0.6 is 0 Å². The highest BCUT2D eigenvalue weighted by molar-refractivity contribution is 5.93. The topological polar surface area (TPSA) is 63.4 Å². The van der Waals surface area contributed by atoms with Crippen LogP contribution in [0.2, 0.25) is 0 Å². The van der Waals surface area contributed by atoms with E-state index >= 15 is 0 Å². The van der Waals surface area contributed by atoms with Crippen molar-refractivity contribution >= 4 is 11.8 Å². The van der Waals surface area contributed by atoms with Gasteiger partial charge in [0.15, 0.2) is 0 Å². The largest absolute Gasteiger partial charge is 0.368 e. The van der Waals surface area contributed by atoms with Crippen LogP contribution in [-0.2, 0) is 9.59 Å². The van der Waals surface area contributed by atoms with Gasteiger partial charge in [0.05, 0.1) is 0 Å². The van der Waals surface area contributed by atoms with Crippen LogP contribution in [0.5, 0.6) is 0 Å². The molecule has 0 bridgehead atoms. The molecule has 62 valence electrons. The maximum atomic E-state index is 11.0. The highest BCUT2D eigenvalue weighted by Gasteiger charge is 2.43. The van der Waals surface area contributed by atoms with Crippen LogP contribution in [0.25, 0.3) is 0 Å². The number of hydrogen-bond donors (Lipinski definition) is 1. The summed E-state index contributed by atoms with van der Waals surface area (Å²) in [6.07, 6.45) is 0.966. The number of carbonyl (C=O) groups excluding carboxylic acids is 2. The number of carbonyl (C=O) groups is 2. The predicted molar refractivity (Wildman–Crippen MR) is 39.6 cm³/mol. The summed E-state index contributed by atoms with van der Waals surface area (Å²) in [5.41, 5.74) is 4.40. The molecule has 1 aliphatic heterocycles. The van der Waals surface area contributed by atoms with Gasteiger partial charge < -0.3 is 10.6 Å². The van der Waals surface area contributed by atoms with E-state index in [1.807, 2.05) is 0 Å². The first-order chi connectivity index (χ1) is 4.98. The van der Waals surface area contributed by atoms with Gasteiger partial charge in [0.1, 0.15) is 5.54 Å². The molecule has 0 saturated carbocycles. The number of nitrogens with zero attached hydrogens (tertiary/aromatic N) is 1. The van der Waals surface area contributed by atoms with E-state index in [1.54, 1.807) is 14.0 Å².